The van der Waals surface area contributed by atoms with Gasteiger partial charge in [-0.25, -0.2) is 0 Å². The van der Waals surface area contributed by atoms with E-state index < -0.39 is 0 Å². The zero-order chi connectivity index (χ0) is 13.3. The Morgan fingerprint density at radius 3 is 2.28 bits per heavy atom. The molecule has 2 rings (SSSR count). The van der Waals surface area contributed by atoms with E-state index in [1.54, 1.807) is 14.2 Å². The van der Waals surface area contributed by atoms with Gasteiger partial charge in [-0.3, -0.25) is 4.79 Å². The lowest BCUT2D eigenvalue weighted by Gasteiger charge is -2.13. The summed E-state index contributed by atoms with van der Waals surface area (Å²) in [6, 6.07) is 1.82. The predicted octanol–water partition coefficient (Wildman–Crippen LogP) is 2.89. The van der Waals surface area contributed by atoms with Crippen LogP contribution in [0.5, 0.6) is 11.5 Å². The van der Waals surface area contributed by atoms with Gasteiger partial charge in [-0.05, 0) is 35.8 Å². The first-order chi connectivity index (χ1) is 8.62. The lowest BCUT2D eigenvalue weighted by molar-refractivity contribution is 0.111. The van der Waals surface area contributed by atoms with Gasteiger partial charge in [0.05, 0.1) is 19.8 Å². The second-order valence-electron chi connectivity index (χ2n) is 5.18. The molecule has 0 heterocycles. The molecule has 0 aromatic heterocycles. The Kier molecular flexibility index (Phi) is 3.60. The van der Waals surface area contributed by atoms with Crippen molar-refractivity contribution in [2.45, 2.75) is 26.7 Å². The van der Waals surface area contributed by atoms with Gasteiger partial charge in [-0.1, -0.05) is 13.8 Å². The van der Waals surface area contributed by atoms with E-state index in [1.807, 2.05) is 6.07 Å². The molecule has 0 aliphatic heterocycles. The summed E-state index contributed by atoms with van der Waals surface area (Å²) in [6.07, 6.45) is 2.83. The predicted molar refractivity (Wildman–Crippen MR) is 70.7 cm³/mol. The fourth-order valence-corrected chi connectivity index (χ4v) is 2.75. The quantitative estimate of drug-likeness (QED) is 0.769. The van der Waals surface area contributed by atoms with Crippen molar-refractivity contribution in [3.8, 4) is 11.5 Å². The Morgan fingerprint density at radius 2 is 1.78 bits per heavy atom. The fraction of sp³-hybridized carbons (Fsp3) is 0.533. The van der Waals surface area contributed by atoms with Crippen LogP contribution in [0.1, 0.15) is 35.3 Å². The molecule has 18 heavy (non-hydrogen) atoms. The highest BCUT2D eigenvalue weighted by Crippen LogP contribution is 2.42. The molecule has 0 spiro atoms. The van der Waals surface area contributed by atoms with Crippen LogP contribution in [0.2, 0.25) is 0 Å². The van der Waals surface area contributed by atoms with E-state index in [0.717, 1.165) is 30.4 Å². The maximum atomic E-state index is 11.3. The van der Waals surface area contributed by atoms with E-state index in [2.05, 4.69) is 13.8 Å². The lowest BCUT2D eigenvalue weighted by Crippen LogP contribution is -2.08. The first-order valence-electron chi connectivity index (χ1n) is 6.34. The molecule has 0 amide bonds. The molecule has 98 valence electrons. The molecule has 0 radical (unpaired) electrons. The van der Waals surface area contributed by atoms with Crippen molar-refractivity contribution in [2.24, 2.45) is 11.8 Å². The van der Waals surface area contributed by atoms with E-state index in [4.69, 9.17) is 9.47 Å². The van der Waals surface area contributed by atoms with Crippen LogP contribution >= 0.6 is 0 Å². The Morgan fingerprint density at radius 1 is 1.17 bits per heavy atom. The summed E-state index contributed by atoms with van der Waals surface area (Å²) < 4.78 is 10.7. The van der Waals surface area contributed by atoms with Crippen LogP contribution in [0.3, 0.4) is 0 Å². The van der Waals surface area contributed by atoms with Crippen LogP contribution in [0.4, 0.5) is 0 Å². The van der Waals surface area contributed by atoms with Crippen LogP contribution in [0, 0.1) is 11.8 Å². The van der Waals surface area contributed by atoms with Crippen LogP contribution in [0.15, 0.2) is 6.07 Å². The first-order valence-corrected chi connectivity index (χ1v) is 6.34. The third kappa shape index (κ3) is 1.98. The molecule has 1 aromatic rings. The van der Waals surface area contributed by atoms with Gasteiger partial charge in [0.1, 0.15) is 11.5 Å². The molecule has 1 atom stereocenters. The third-order valence-electron chi connectivity index (χ3n) is 3.95. The largest absolute Gasteiger partial charge is 0.496 e. The van der Waals surface area contributed by atoms with Crippen molar-refractivity contribution in [1.29, 1.82) is 0 Å². The topological polar surface area (TPSA) is 35.5 Å². The zero-order valence-corrected chi connectivity index (χ0v) is 11.4. The molecule has 0 bridgehead atoms. The van der Waals surface area contributed by atoms with Gasteiger partial charge in [-0.15, -0.1) is 0 Å². The van der Waals surface area contributed by atoms with Crippen molar-refractivity contribution in [3.05, 3.63) is 22.8 Å². The second-order valence-corrected chi connectivity index (χ2v) is 5.18. The van der Waals surface area contributed by atoms with Crippen LogP contribution in [-0.4, -0.2) is 20.5 Å². The summed E-state index contributed by atoms with van der Waals surface area (Å²) in [5.41, 5.74) is 2.98. The Balaban J connectivity index is 2.54. The van der Waals surface area contributed by atoms with Gasteiger partial charge < -0.3 is 9.47 Å². The van der Waals surface area contributed by atoms with E-state index in [1.165, 1.54) is 5.56 Å². The molecule has 0 fully saturated rings. The highest BCUT2D eigenvalue weighted by atomic mass is 16.5. The van der Waals surface area contributed by atoms with Gasteiger partial charge in [-0.2, -0.15) is 0 Å². The number of ether oxygens (including phenoxy) is 2. The summed E-state index contributed by atoms with van der Waals surface area (Å²) in [5, 5.41) is 0. The summed E-state index contributed by atoms with van der Waals surface area (Å²) in [6.45, 7) is 4.45. The number of methoxy groups -OCH3 is 2. The Hall–Kier alpha value is -1.51. The Bertz CT molecular complexity index is 463. The maximum Gasteiger partial charge on any atom is 0.154 e. The van der Waals surface area contributed by atoms with Crippen LogP contribution in [0.25, 0.3) is 0 Å². The Labute approximate surface area is 108 Å². The number of benzene rings is 1. The molecule has 3 nitrogen and oxygen atoms in total. The number of hydrogen-bond donors (Lipinski definition) is 0. The minimum absolute atomic E-state index is 0.583. The second kappa shape index (κ2) is 5.01. The molecular weight excluding hydrogens is 228 g/mol. The number of carbonyl (C=O) groups excluding carboxylic acids is 1. The molecule has 0 saturated heterocycles. The molecule has 1 unspecified atom stereocenters. The molecular formula is C15H20O3. The standard InChI is InChI=1S/C15H20O3/c1-9(2)10-5-11-12(6-10)14(17-3)7-15(18-4)13(11)8-16/h7-10H,5-6H2,1-4H3. The minimum Gasteiger partial charge on any atom is -0.496 e. The molecule has 1 aromatic carbocycles. The maximum absolute atomic E-state index is 11.3. The highest BCUT2D eigenvalue weighted by molar-refractivity contribution is 5.84. The van der Waals surface area contributed by atoms with Crippen molar-refractivity contribution in [3.63, 3.8) is 0 Å². The average molecular weight is 248 g/mol. The molecule has 0 N–H and O–H groups in total. The van der Waals surface area contributed by atoms with E-state index in [9.17, 15) is 4.79 Å². The number of aldehydes is 1. The van der Waals surface area contributed by atoms with Gasteiger partial charge in [0, 0.05) is 6.07 Å². The SMILES string of the molecule is COc1cc(OC)c2c(c1C=O)CC(C(C)C)C2. The fourth-order valence-electron chi connectivity index (χ4n) is 2.75. The summed E-state index contributed by atoms with van der Waals surface area (Å²) in [5.74, 6) is 2.65. The molecule has 3 heteroatoms. The number of fused-ring (bicyclic) bond motifs is 1. The van der Waals surface area contributed by atoms with Crippen LogP contribution < -0.4 is 9.47 Å². The smallest absolute Gasteiger partial charge is 0.154 e. The highest BCUT2D eigenvalue weighted by Gasteiger charge is 2.30. The van der Waals surface area contributed by atoms with E-state index >= 15 is 0 Å². The van der Waals surface area contributed by atoms with Crippen molar-refractivity contribution in [2.75, 3.05) is 14.2 Å². The number of rotatable bonds is 4. The zero-order valence-electron chi connectivity index (χ0n) is 11.4. The van der Waals surface area contributed by atoms with Crippen LogP contribution in [-0.2, 0) is 12.8 Å². The van der Waals surface area contributed by atoms with Gasteiger partial charge in [0.25, 0.3) is 0 Å². The van der Waals surface area contributed by atoms with Gasteiger partial charge in [0.2, 0.25) is 0 Å². The summed E-state index contributed by atoms with van der Waals surface area (Å²) >= 11 is 0. The van der Waals surface area contributed by atoms with Crippen molar-refractivity contribution < 1.29 is 14.3 Å². The van der Waals surface area contributed by atoms with E-state index in [0.29, 0.717) is 23.1 Å². The van der Waals surface area contributed by atoms with Gasteiger partial charge in [0.15, 0.2) is 6.29 Å². The normalized spacial score (nSPS) is 17.7. The molecule has 0 saturated carbocycles. The lowest BCUT2D eigenvalue weighted by atomic mass is 9.93. The number of hydrogen-bond acceptors (Lipinski definition) is 3. The summed E-state index contributed by atoms with van der Waals surface area (Å²) in [7, 11) is 3.25. The molecule has 1 aliphatic carbocycles. The van der Waals surface area contributed by atoms with Crippen molar-refractivity contribution in [1.82, 2.24) is 0 Å². The molecule has 1 aliphatic rings. The first kappa shape index (κ1) is 12.9. The van der Waals surface area contributed by atoms with Gasteiger partial charge >= 0.3 is 0 Å². The average Bonchev–Trinajstić information content (AvgIpc) is 2.81. The summed E-state index contributed by atoms with van der Waals surface area (Å²) in [4.78, 5) is 11.3. The minimum atomic E-state index is 0.583. The van der Waals surface area contributed by atoms with Crippen molar-refractivity contribution >= 4 is 6.29 Å². The number of carbonyl (C=O) groups is 1. The third-order valence-corrected chi connectivity index (χ3v) is 3.95. The van der Waals surface area contributed by atoms with E-state index in [-0.39, 0.29) is 0 Å². The monoisotopic (exact) mass is 248 g/mol.